The highest BCUT2D eigenvalue weighted by Gasteiger charge is 2.16. The highest BCUT2D eigenvalue weighted by atomic mass is 16.1. The van der Waals surface area contributed by atoms with E-state index in [1.807, 2.05) is 13.5 Å². The molecular formula is C8H14NO. The van der Waals surface area contributed by atoms with Gasteiger partial charge >= 0.3 is 6.41 Å². The minimum absolute atomic E-state index is 0.478. The molecule has 0 unspecified atom stereocenters. The lowest BCUT2D eigenvalue weighted by molar-refractivity contribution is 0.267. The van der Waals surface area contributed by atoms with E-state index in [1.54, 1.807) is 4.90 Å². The number of hydrogen-bond acceptors (Lipinski definition) is 1. The molecule has 0 aromatic heterocycles. The second kappa shape index (κ2) is 3.59. The van der Waals surface area contributed by atoms with Crippen LogP contribution in [-0.2, 0) is 4.79 Å². The van der Waals surface area contributed by atoms with Crippen molar-refractivity contribution in [1.82, 2.24) is 4.90 Å². The molecule has 1 rings (SSSR count). The Labute approximate surface area is 62.2 Å². The van der Waals surface area contributed by atoms with Gasteiger partial charge in [0.15, 0.2) is 0 Å². The summed E-state index contributed by atoms with van der Waals surface area (Å²) in [6.07, 6.45) is 8.15. The summed E-state index contributed by atoms with van der Waals surface area (Å²) in [5.74, 6) is 0. The lowest BCUT2D eigenvalue weighted by atomic mass is 9.95. The molecule has 2 heteroatoms. The summed E-state index contributed by atoms with van der Waals surface area (Å²) in [6, 6.07) is 0.478. The van der Waals surface area contributed by atoms with Crippen LogP contribution in [0.3, 0.4) is 0 Å². The topological polar surface area (TPSA) is 20.3 Å². The van der Waals surface area contributed by atoms with Crippen LogP contribution in [0.5, 0.6) is 0 Å². The van der Waals surface area contributed by atoms with Crippen LogP contribution in [0, 0.1) is 0 Å². The molecule has 0 atom stereocenters. The van der Waals surface area contributed by atoms with E-state index in [4.69, 9.17) is 0 Å². The van der Waals surface area contributed by atoms with Gasteiger partial charge in [-0.15, -0.1) is 0 Å². The first-order valence-corrected chi connectivity index (χ1v) is 3.95. The van der Waals surface area contributed by atoms with E-state index < -0.39 is 0 Å². The second-order valence-electron chi connectivity index (χ2n) is 2.99. The van der Waals surface area contributed by atoms with Crippen LogP contribution in [0.25, 0.3) is 0 Å². The number of hydrogen-bond donors (Lipinski definition) is 0. The maximum Gasteiger partial charge on any atom is 0.312 e. The van der Waals surface area contributed by atoms with Gasteiger partial charge in [-0.05, 0) is 12.8 Å². The van der Waals surface area contributed by atoms with Gasteiger partial charge < -0.3 is 4.90 Å². The van der Waals surface area contributed by atoms with Gasteiger partial charge in [-0.3, -0.25) is 4.79 Å². The lowest BCUT2D eigenvalue weighted by Crippen LogP contribution is -2.31. The molecule has 0 saturated heterocycles. The predicted molar refractivity (Wildman–Crippen MR) is 40.3 cm³/mol. The molecule has 0 spiro atoms. The maximum atomic E-state index is 10.2. The molecule has 1 saturated carbocycles. The Morgan fingerprint density at radius 2 is 1.90 bits per heavy atom. The Hall–Kier alpha value is -0.530. The number of amides is 1. The third kappa shape index (κ3) is 1.72. The first-order valence-electron chi connectivity index (χ1n) is 3.95. The molecule has 2 nitrogen and oxygen atoms in total. The van der Waals surface area contributed by atoms with Gasteiger partial charge in [0.25, 0.3) is 0 Å². The Morgan fingerprint density at radius 3 is 2.40 bits per heavy atom. The minimum atomic E-state index is 0.478. The molecule has 0 heterocycles. The first kappa shape index (κ1) is 7.58. The largest absolute Gasteiger partial charge is 0.335 e. The zero-order chi connectivity index (χ0) is 7.40. The Bertz CT molecular complexity index is 108. The molecule has 0 aliphatic heterocycles. The number of rotatable bonds is 2. The summed E-state index contributed by atoms with van der Waals surface area (Å²) < 4.78 is 0. The van der Waals surface area contributed by atoms with Crippen molar-refractivity contribution in [3.8, 4) is 0 Å². The van der Waals surface area contributed by atoms with Crippen LogP contribution in [-0.4, -0.2) is 24.4 Å². The van der Waals surface area contributed by atoms with Gasteiger partial charge in [0.2, 0.25) is 0 Å². The fraction of sp³-hybridized carbons (Fsp3) is 0.875. The van der Waals surface area contributed by atoms with Crippen LogP contribution < -0.4 is 0 Å². The number of carbonyl (C=O) groups excluding carboxylic acids is 1. The van der Waals surface area contributed by atoms with Gasteiger partial charge in [0.05, 0.1) is 0 Å². The minimum Gasteiger partial charge on any atom is -0.335 e. The molecule has 10 heavy (non-hydrogen) atoms. The fourth-order valence-electron chi connectivity index (χ4n) is 1.54. The summed E-state index contributed by atoms with van der Waals surface area (Å²) >= 11 is 0. The van der Waals surface area contributed by atoms with E-state index >= 15 is 0 Å². The van der Waals surface area contributed by atoms with E-state index in [2.05, 4.69) is 0 Å². The van der Waals surface area contributed by atoms with E-state index in [-0.39, 0.29) is 0 Å². The van der Waals surface area contributed by atoms with Crippen LogP contribution in [0.15, 0.2) is 0 Å². The summed E-state index contributed by atoms with van der Waals surface area (Å²) in [6.45, 7) is 0. The van der Waals surface area contributed by atoms with Crippen molar-refractivity contribution in [1.29, 1.82) is 0 Å². The van der Waals surface area contributed by atoms with Crippen molar-refractivity contribution in [3.05, 3.63) is 0 Å². The fourth-order valence-corrected chi connectivity index (χ4v) is 1.54. The van der Waals surface area contributed by atoms with Crippen LogP contribution in [0.1, 0.15) is 32.1 Å². The molecule has 1 amide bonds. The highest BCUT2D eigenvalue weighted by Crippen LogP contribution is 2.20. The van der Waals surface area contributed by atoms with Gasteiger partial charge in [-0.1, -0.05) is 19.3 Å². The third-order valence-electron chi connectivity index (χ3n) is 2.27. The Morgan fingerprint density at radius 1 is 1.30 bits per heavy atom. The average molecular weight is 140 g/mol. The monoisotopic (exact) mass is 140 g/mol. The second-order valence-corrected chi connectivity index (χ2v) is 2.99. The molecule has 0 aromatic carbocycles. The molecule has 1 radical (unpaired) electrons. The predicted octanol–water partition coefficient (Wildman–Crippen LogP) is 1.32. The highest BCUT2D eigenvalue weighted by molar-refractivity contribution is 5.48. The standard InChI is InChI=1S/C8H14NO/c1-9(7-10)8-5-3-2-4-6-8/h8H,2-6H2,1H3. The van der Waals surface area contributed by atoms with Crippen LogP contribution in [0.4, 0.5) is 0 Å². The molecule has 57 valence electrons. The summed E-state index contributed by atoms with van der Waals surface area (Å²) in [4.78, 5) is 11.9. The normalized spacial score (nSPS) is 20.5. The molecule has 0 aromatic rings. The average Bonchev–Trinajstić information content (AvgIpc) is 2.05. The third-order valence-corrected chi connectivity index (χ3v) is 2.27. The summed E-state index contributed by atoms with van der Waals surface area (Å²) in [5, 5.41) is 0. The van der Waals surface area contributed by atoms with Gasteiger partial charge in [-0.25, -0.2) is 0 Å². The van der Waals surface area contributed by atoms with E-state index in [0.717, 1.165) is 0 Å². The zero-order valence-corrected chi connectivity index (χ0v) is 6.47. The maximum absolute atomic E-state index is 10.2. The Kier molecular flexibility index (Phi) is 2.72. The van der Waals surface area contributed by atoms with Crippen molar-refractivity contribution in [3.63, 3.8) is 0 Å². The van der Waals surface area contributed by atoms with Crippen LogP contribution >= 0.6 is 0 Å². The molecule has 1 aliphatic carbocycles. The first-order chi connectivity index (χ1) is 4.84. The molecule has 1 fully saturated rings. The summed E-state index contributed by atoms with van der Waals surface area (Å²) in [7, 11) is 1.82. The van der Waals surface area contributed by atoms with Crippen molar-refractivity contribution in [2.75, 3.05) is 7.05 Å². The zero-order valence-electron chi connectivity index (χ0n) is 6.47. The van der Waals surface area contributed by atoms with Gasteiger partial charge in [-0.2, -0.15) is 0 Å². The van der Waals surface area contributed by atoms with Gasteiger partial charge in [0.1, 0.15) is 0 Å². The van der Waals surface area contributed by atoms with Crippen molar-refractivity contribution >= 4 is 6.41 Å². The smallest absolute Gasteiger partial charge is 0.312 e. The van der Waals surface area contributed by atoms with Gasteiger partial charge in [0, 0.05) is 13.1 Å². The van der Waals surface area contributed by atoms with E-state index in [1.165, 1.54) is 32.1 Å². The van der Waals surface area contributed by atoms with Crippen LogP contribution in [0.2, 0.25) is 0 Å². The quantitative estimate of drug-likeness (QED) is 0.530. The van der Waals surface area contributed by atoms with Crippen molar-refractivity contribution in [2.45, 2.75) is 38.1 Å². The van der Waals surface area contributed by atoms with E-state index in [0.29, 0.717) is 6.04 Å². The van der Waals surface area contributed by atoms with Crippen molar-refractivity contribution in [2.24, 2.45) is 0 Å². The Balaban J connectivity index is 2.30. The van der Waals surface area contributed by atoms with Crippen molar-refractivity contribution < 1.29 is 4.79 Å². The summed E-state index contributed by atoms with van der Waals surface area (Å²) in [5.41, 5.74) is 0. The lowest BCUT2D eigenvalue weighted by Gasteiger charge is -2.27. The molecular weight excluding hydrogens is 126 g/mol. The molecule has 0 bridgehead atoms. The number of nitrogens with zero attached hydrogens (tertiary/aromatic N) is 1. The molecule has 0 N–H and O–H groups in total. The van der Waals surface area contributed by atoms with E-state index in [9.17, 15) is 4.79 Å². The SMILES string of the molecule is CN([C]=O)C1CCCCC1. The molecule has 1 aliphatic rings.